The number of allylic oxidation sites excluding steroid dienone is 2. The summed E-state index contributed by atoms with van der Waals surface area (Å²) < 4.78 is 0. The van der Waals surface area contributed by atoms with Crippen LogP contribution in [0.4, 0.5) is 0 Å². The molecule has 0 aromatic heterocycles. The Morgan fingerprint density at radius 2 is 1.61 bits per heavy atom. The maximum Gasteiger partial charge on any atom is 0.138 e. The lowest BCUT2D eigenvalue weighted by molar-refractivity contribution is -0.131. The molecule has 0 aromatic carbocycles. The molecule has 0 amide bonds. The van der Waals surface area contributed by atoms with Crippen molar-refractivity contribution in [3.63, 3.8) is 0 Å². The van der Waals surface area contributed by atoms with Crippen LogP contribution < -0.4 is 5.73 Å². The van der Waals surface area contributed by atoms with Crippen molar-refractivity contribution in [3.05, 3.63) is 12.2 Å². The number of ketones is 2. The van der Waals surface area contributed by atoms with Gasteiger partial charge in [-0.25, -0.2) is 0 Å². The number of hydrogen-bond donors (Lipinski definition) is 1. The zero-order valence-electron chi connectivity index (χ0n) is 15.9. The second kappa shape index (κ2) is 10.7. The third-order valence-electron chi connectivity index (χ3n) is 5.57. The zero-order chi connectivity index (χ0) is 17.9. The molecule has 0 aromatic rings. The van der Waals surface area contributed by atoms with Crippen molar-refractivity contribution in [2.45, 2.75) is 85.5 Å². The maximum absolute atomic E-state index is 12.7. The van der Waals surface area contributed by atoms with Crippen molar-refractivity contribution in [1.82, 2.24) is 0 Å². The number of carbonyl (C=O) groups is 2. The molecule has 0 radical (unpaired) electrons. The van der Waals surface area contributed by atoms with E-state index in [1.165, 1.54) is 7.05 Å². The Labute approximate surface area is 143 Å². The Morgan fingerprint density at radius 1 is 1.09 bits per heavy atom. The molecule has 0 heterocycles. The van der Waals surface area contributed by atoms with Gasteiger partial charge in [0.05, 0.1) is 0 Å². The Balaban J connectivity index is 0.00000232. The van der Waals surface area contributed by atoms with Crippen molar-refractivity contribution >= 4 is 11.6 Å². The molecule has 3 heteroatoms. The number of carbonyl (C=O) groups excluding carboxylic acids is 2. The normalized spacial score (nSPS) is 31.7. The highest BCUT2D eigenvalue weighted by atomic mass is 16.1. The molecule has 1 rings (SSSR count). The molecule has 134 valence electrons. The van der Waals surface area contributed by atoms with Gasteiger partial charge in [0.2, 0.25) is 0 Å². The molecule has 3 nitrogen and oxygen atoms in total. The van der Waals surface area contributed by atoms with Crippen LogP contribution in [0.15, 0.2) is 12.2 Å². The van der Waals surface area contributed by atoms with Gasteiger partial charge in [0, 0.05) is 17.3 Å². The molecule has 1 aliphatic rings. The minimum atomic E-state index is -0.327. The standard InChI is InChI=1S/C19H32O2.CH5N/c1-5-18(3)13-10-8-6-7-9-11-14-19(4,16(2)20)15-12-17(18)21;1-2/h6-7H,5,8-15H2,1-4H3;2H2,1H3/b7-6-;. The molecular weight excluding hydrogens is 286 g/mol. The number of Topliss-reactive ketones (excluding diaryl/α,β-unsaturated/α-hetero) is 2. The number of rotatable bonds is 2. The zero-order valence-corrected chi connectivity index (χ0v) is 15.9. The van der Waals surface area contributed by atoms with Crippen LogP contribution in [0.5, 0.6) is 0 Å². The first kappa shape index (κ1) is 22.0. The predicted molar refractivity (Wildman–Crippen MR) is 98.4 cm³/mol. The van der Waals surface area contributed by atoms with Crippen LogP contribution in [0.25, 0.3) is 0 Å². The number of hydrogen-bond acceptors (Lipinski definition) is 3. The molecule has 0 aliphatic heterocycles. The molecule has 0 spiro atoms. The number of nitrogens with two attached hydrogens (primary N) is 1. The molecule has 1 aliphatic carbocycles. The van der Waals surface area contributed by atoms with Crippen molar-refractivity contribution in [2.24, 2.45) is 16.6 Å². The predicted octanol–water partition coefficient (Wildman–Crippen LogP) is 4.83. The molecular formula is C20H37NO2. The molecule has 23 heavy (non-hydrogen) atoms. The molecule has 0 saturated carbocycles. The van der Waals surface area contributed by atoms with Crippen LogP contribution in [0.2, 0.25) is 0 Å². The summed E-state index contributed by atoms with van der Waals surface area (Å²) in [7, 11) is 1.50. The van der Waals surface area contributed by atoms with E-state index in [0.717, 1.165) is 44.9 Å². The SMILES string of the molecule is CCC1(C)CCC/C=C\CCCC(C)(C(C)=O)CCC1=O.CN. The summed E-state index contributed by atoms with van der Waals surface area (Å²) >= 11 is 0. The minimum Gasteiger partial charge on any atom is -0.333 e. The Bertz CT molecular complexity index is 402. The average molecular weight is 324 g/mol. The van der Waals surface area contributed by atoms with Gasteiger partial charge < -0.3 is 5.73 Å². The van der Waals surface area contributed by atoms with Crippen LogP contribution >= 0.6 is 0 Å². The van der Waals surface area contributed by atoms with Gasteiger partial charge >= 0.3 is 0 Å². The summed E-state index contributed by atoms with van der Waals surface area (Å²) in [5.41, 5.74) is 3.96. The van der Waals surface area contributed by atoms with E-state index in [1.54, 1.807) is 6.92 Å². The van der Waals surface area contributed by atoms with Gasteiger partial charge in [-0.2, -0.15) is 0 Å². The highest BCUT2D eigenvalue weighted by Gasteiger charge is 2.34. The fourth-order valence-corrected chi connectivity index (χ4v) is 3.14. The largest absolute Gasteiger partial charge is 0.333 e. The van der Waals surface area contributed by atoms with Gasteiger partial charge in [0.1, 0.15) is 11.6 Å². The van der Waals surface area contributed by atoms with Crippen molar-refractivity contribution in [3.8, 4) is 0 Å². The van der Waals surface area contributed by atoms with Crippen LogP contribution in [-0.4, -0.2) is 18.6 Å². The first-order chi connectivity index (χ1) is 10.8. The lowest BCUT2D eigenvalue weighted by Gasteiger charge is -2.30. The summed E-state index contributed by atoms with van der Waals surface area (Å²) in [6.07, 6.45) is 12.7. The van der Waals surface area contributed by atoms with Gasteiger partial charge in [0.25, 0.3) is 0 Å². The lowest BCUT2D eigenvalue weighted by atomic mass is 9.72. The summed E-state index contributed by atoms with van der Waals surface area (Å²) in [4.78, 5) is 24.7. The highest BCUT2D eigenvalue weighted by Crippen LogP contribution is 2.36. The van der Waals surface area contributed by atoms with Crippen molar-refractivity contribution in [2.75, 3.05) is 7.05 Å². The van der Waals surface area contributed by atoms with Gasteiger partial charge in [-0.1, -0.05) is 32.9 Å². The van der Waals surface area contributed by atoms with E-state index in [1.807, 2.05) is 6.92 Å². The van der Waals surface area contributed by atoms with E-state index in [-0.39, 0.29) is 16.6 Å². The second-order valence-electron chi connectivity index (χ2n) is 7.21. The quantitative estimate of drug-likeness (QED) is 0.740. The van der Waals surface area contributed by atoms with Gasteiger partial charge in [-0.05, 0) is 65.3 Å². The molecule has 0 saturated heterocycles. The topological polar surface area (TPSA) is 60.2 Å². The summed E-state index contributed by atoms with van der Waals surface area (Å²) in [5.74, 6) is 0.577. The monoisotopic (exact) mass is 323 g/mol. The van der Waals surface area contributed by atoms with Crippen molar-refractivity contribution < 1.29 is 9.59 Å². The average Bonchev–Trinajstić information content (AvgIpc) is 2.56. The van der Waals surface area contributed by atoms with E-state index < -0.39 is 0 Å². The van der Waals surface area contributed by atoms with Crippen LogP contribution in [0.3, 0.4) is 0 Å². The molecule has 2 N–H and O–H groups in total. The first-order valence-electron chi connectivity index (χ1n) is 9.11. The van der Waals surface area contributed by atoms with Crippen molar-refractivity contribution in [1.29, 1.82) is 0 Å². The van der Waals surface area contributed by atoms with Crippen LogP contribution in [-0.2, 0) is 9.59 Å². The van der Waals surface area contributed by atoms with Gasteiger partial charge in [-0.3, -0.25) is 9.59 Å². The van der Waals surface area contributed by atoms with E-state index in [0.29, 0.717) is 18.6 Å². The van der Waals surface area contributed by atoms with E-state index in [2.05, 4.69) is 31.7 Å². The Hall–Kier alpha value is -0.960. The van der Waals surface area contributed by atoms with E-state index in [4.69, 9.17) is 0 Å². The molecule has 2 unspecified atom stereocenters. The fourth-order valence-electron chi connectivity index (χ4n) is 3.14. The Morgan fingerprint density at radius 3 is 2.09 bits per heavy atom. The Kier molecular flexibility index (Phi) is 10.3. The third-order valence-corrected chi connectivity index (χ3v) is 5.57. The molecule has 0 fully saturated rings. The summed E-state index contributed by atoms with van der Waals surface area (Å²) in [6, 6.07) is 0. The van der Waals surface area contributed by atoms with E-state index in [9.17, 15) is 9.59 Å². The van der Waals surface area contributed by atoms with Crippen LogP contribution in [0, 0.1) is 10.8 Å². The van der Waals surface area contributed by atoms with E-state index >= 15 is 0 Å². The second-order valence-corrected chi connectivity index (χ2v) is 7.21. The maximum atomic E-state index is 12.7. The fraction of sp³-hybridized carbons (Fsp3) is 0.800. The molecule has 2 atom stereocenters. The first-order valence-corrected chi connectivity index (χ1v) is 9.11. The van der Waals surface area contributed by atoms with Gasteiger partial charge in [0.15, 0.2) is 0 Å². The smallest absolute Gasteiger partial charge is 0.138 e. The van der Waals surface area contributed by atoms with Crippen LogP contribution in [0.1, 0.15) is 85.5 Å². The highest BCUT2D eigenvalue weighted by molar-refractivity contribution is 5.86. The third kappa shape index (κ3) is 6.99. The lowest BCUT2D eigenvalue weighted by Crippen LogP contribution is -2.31. The minimum absolute atomic E-state index is 0.209. The van der Waals surface area contributed by atoms with Gasteiger partial charge in [-0.15, -0.1) is 0 Å². The summed E-state index contributed by atoms with van der Waals surface area (Å²) in [5, 5.41) is 0. The molecule has 0 bridgehead atoms. The summed E-state index contributed by atoms with van der Waals surface area (Å²) in [6.45, 7) is 7.92.